The quantitative estimate of drug-likeness (QED) is 0.245. The Kier molecular flexibility index (Phi) is 6.10. The molecule has 7 rings (SSSR count). The first kappa shape index (κ1) is 24.0. The Morgan fingerprint density at radius 2 is 1.86 bits per heavy atom. The first-order valence-corrected chi connectivity index (χ1v) is 13.7. The number of aryl methyl sites for hydroxylation is 1. The fourth-order valence-electron chi connectivity index (χ4n) is 7.82. The van der Waals surface area contributed by atoms with Crippen molar-refractivity contribution < 1.29 is 14.6 Å². The molecule has 9 nitrogen and oxygen atoms in total. The summed E-state index contributed by atoms with van der Waals surface area (Å²) >= 11 is 0.954. The number of aromatic amines is 1. The van der Waals surface area contributed by atoms with Gasteiger partial charge < -0.3 is 4.98 Å². The molecule has 10 heteroatoms. The van der Waals surface area contributed by atoms with Crippen LogP contribution in [0.5, 0.6) is 0 Å². The van der Waals surface area contributed by atoms with Crippen LogP contribution in [-0.4, -0.2) is 24.4 Å². The third-order valence-corrected chi connectivity index (χ3v) is 9.41. The Morgan fingerprint density at radius 3 is 2.58 bits per heavy atom. The van der Waals surface area contributed by atoms with E-state index in [0.29, 0.717) is 47.9 Å². The Balaban J connectivity index is 1.50. The van der Waals surface area contributed by atoms with Gasteiger partial charge in [-0.2, -0.15) is 0 Å². The van der Waals surface area contributed by atoms with Crippen LogP contribution in [0.25, 0.3) is 11.2 Å². The molecule has 5 unspecified atom stereocenters. The summed E-state index contributed by atoms with van der Waals surface area (Å²) in [5, 5.41) is 12.2. The first-order chi connectivity index (χ1) is 17.5. The molecule has 0 radical (unpaired) electrons. The van der Waals surface area contributed by atoms with Crippen LogP contribution in [0.3, 0.4) is 0 Å². The second-order valence-corrected chi connectivity index (χ2v) is 11.5. The lowest BCUT2D eigenvalue weighted by atomic mass is 9.64. The van der Waals surface area contributed by atoms with E-state index in [4.69, 9.17) is 10.2 Å². The van der Waals surface area contributed by atoms with Crippen molar-refractivity contribution in [1.82, 2.24) is 19.1 Å². The Labute approximate surface area is 212 Å². The van der Waals surface area contributed by atoms with Crippen LogP contribution >= 0.6 is 12.0 Å². The number of benzene rings is 1. The van der Waals surface area contributed by atoms with E-state index >= 15 is 0 Å². The molecular formula is C26H32N4O5S. The van der Waals surface area contributed by atoms with Gasteiger partial charge in [0.2, 0.25) is 0 Å². The van der Waals surface area contributed by atoms with Gasteiger partial charge in [0.1, 0.15) is 11.3 Å². The van der Waals surface area contributed by atoms with Crippen molar-refractivity contribution in [2.24, 2.45) is 17.8 Å². The van der Waals surface area contributed by atoms with Crippen LogP contribution in [0.15, 0.2) is 38.8 Å². The molecule has 0 spiro atoms. The van der Waals surface area contributed by atoms with E-state index in [-0.39, 0.29) is 16.7 Å². The Hall–Kier alpha value is -2.40. The number of fused-ring (bicyclic) bond motifs is 1. The van der Waals surface area contributed by atoms with Crippen LogP contribution < -0.4 is 11.2 Å². The fraction of sp³-hybridized carbons (Fsp3) is 0.577. The van der Waals surface area contributed by atoms with Gasteiger partial charge >= 0.3 is 5.69 Å². The van der Waals surface area contributed by atoms with Crippen LogP contribution in [0.4, 0.5) is 0 Å². The van der Waals surface area contributed by atoms with Crippen molar-refractivity contribution in [2.75, 3.05) is 0 Å². The van der Waals surface area contributed by atoms with Gasteiger partial charge in [-0.05, 0) is 79.9 Å². The zero-order valence-corrected chi connectivity index (χ0v) is 21.4. The Morgan fingerprint density at radius 1 is 1.11 bits per heavy atom. The maximum absolute atomic E-state index is 13.4. The summed E-state index contributed by atoms with van der Waals surface area (Å²) in [6.07, 6.45) is 6.15. The van der Waals surface area contributed by atoms with E-state index in [1.807, 2.05) is 26.0 Å². The number of hydrogen-bond acceptors (Lipinski definition) is 7. The predicted molar refractivity (Wildman–Crippen MR) is 136 cm³/mol. The molecule has 0 saturated heterocycles. The highest BCUT2D eigenvalue weighted by atomic mass is 32.2. The lowest BCUT2D eigenvalue weighted by Crippen LogP contribution is -2.40. The van der Waals surface area contributed by atoms with E-state index in [0.717, 1.165) is 48.4 Å². The summed E-state index contributed by atoms with van der Waals surface area (Å²) in [6.45, 7) is 4.95. The summed E-state index contributed by atoms with van der Waals surface area (Å²) in [7, 11) is 0. The molecule has 36 heavy (non-hydrogen) atoms. The lowest BCUT2D eigenvalue weighted by molar-refractivity contribution is -0.432. The van der Waals surface area contributed by atoms with E-state index in [2.05, 4.69) is 26.5 Å². The number of hydrogen-bond donors (Lipinski definition) is 2. The molecule has 192 valence electrons. The van der Waals surface area contributed by atoms with Crippen molar-refractivity contribution in [3.05, 3.63) is 56.5 Å². The van der Waals surface area contributed by atoms with Crippen molar-refractivity contribution in [3.63, 3.8) is 0 Å². The minimum absolute atomic E-state index is 0.166. The molecule has 2 aromatic heterocycles. The molecule has 1 aromatic carbocycles. The minimum atomic E-state index is -0.263. The molecule has 5 atom stereocenters. The van der Waals surface area contributed by atoms with Crippen LogP contribution in [0, 0.1) is 17.8 Å². The molecule has 2 N–H and O–H groups in total. The van der Waals surface area contributed by atoms with Gasteiger partial charge in [-0.3, -0.25) is 13.9 Å². The molecular weight excluding hydrogens is 480 g/mol. The summed E-state index contributed by atoms with van der Waals surface area (Å²) in [4.78, 5) is 36.0. The molecule has 0 amide bonds. The maximum atomic E-state index is 13.4. The van der Waals surface area contributed by atoms with Crippen molar-refractivity contribution in [3.8, 4) is 0 Å². The highest BCUT2D eigenvalue weighted by Crippen LogP contribution is 2.71. The second kappa shape index (κ2) is 9.16. The van der Waals surface area contributed by atoms with Crippen molar-refractivity contribution in [1.29, 1.82) is 0 Å². The van der Waals surface area contributed by atoms with E-state index in [1.54, 1.807) is 4.57 Å². The number of aromatic nitrogens is 4. The van der Waals surface area contributed by atoms with E-state index in [1.165, 1.54) is 23.0 Å². The summed E-state index contributed by atoms with van der Waals surface area (Å²) in [5.41, 5.74) is 1.53. The van der Waals surface area contributed by atoms with Crippen molar-refractivity contribution >= 4 is 23.2 Å². The molecule has 4 saturated carbocycles. The van der Waals surface area contributed by atoms with Crippen LogP contribution in [0.2, 0.25) is 0 Å². The molecule has 4 bridgehead atoms. The topological polar surface area (TPSA) is 111 Å². The predicted octanol–water partition coefficient (Wildman–Crippen LogP) is 4.61. The molecule has 4 aliphatic carbocycles. The summed E-state index contributed by atoms with van der Waals surface area (Å²) < 4.78 is 7.63. The molecule has 4 aliphatic rings. The van der Waals surface area contributed by atoms with E-state index in [9.17, 15) is 9.59 Å². The first-order valence-electron chi connectivity index (χ1n) is 13.0. The van der Waals surface area contributed by atoms with Gasteiger partial charge in [-0.1, -0.05) is 31.0 Å². The maximum Gasteiger partial charge on any atom is 0.332 e. The normalized spacial score (nSPS) is 28.5. The SMILES string of the molecule is CCCn1c(=O)c2[nH]c(C34CC5CC(CC3C5)C4c3ccc(SOOO)cc3)nc2n(CCC)c1=O. The lowest BCUT2D eigenvalue weighted by Gasteiger charge is -2.40. The molecule has 4 fully saturated rings. The van der Waals surface area contributed by atoms with Gasteiger partial charge in [-0.25, -0.2) is 15.0 Å². The highest BCUT2D eigenvalue weighted by Gasteiger charge is 2.65. The second-order valence-electron chi connectivity index (χ2n) is 10.7. The number of nitrogens with one attached hydrogen (secondary N) is 1. The van der Waals surface area contributed by atoms with Crippen molar-refractivity contribution in [2.45, 2.75) is 81.7 Å². The third kappa shape index (κ3) is 3.45. The average molecular weight is 513 g/mol. The largest absolute Gasteiger partial charge is 0.336 e. The van der Waals surface area contributed by atoms with Gasteiger partial charge in [0, 0.05) is 23.4 Å². The Bertz CT molecular complexity index is 1400. The van der Waals surface area contributed by atoms with Gasteiger partial charge in [0.05, 0.1) is 12.0 Å². The monoisotopic (exact) mass is 512 g/mol. The van der Waals surface area contributed by atoms with Gasteiger partial charge in [-0.15, -0.1) is 4.33 Å². The van der Waals surface area contributed by atoms with E-state index < -0.39 is 0 Å². The van der Waals surface area contributed by atoms with Crippen LogP contribution in [0.1, 0.15) is 69.7 Å². The number of rotatable bonds is 9. The smallest absolute Gasteiger partial charge is 0.332 e. The zero-order chi connectivity index (χ0) is 25.0. The standard InChI is InChI=1S/C26H32N4O5S/c1-3-9-29-22-21(23(31)30(10-4-2)25(29)32)27-24(28-22)26-14-15-11-17(13-18(26)12-15)20(26)16-5-7-19(8-6-16)36-35-34-33/h5-8,15,17-18,20,33H,3-4,9-14H2,1-2H3,(H,27,28). The summed E-state index contributed by atoms with van der Waals surface area (Å²) in [6, 6.07) is 8.22. The van der Waals surface area contributed by atoms with Gasteiger partial charge in [0.25, 0.3) is 5.56 Å². The molecule has 0 aliphatic heterocycles. The average Bonchev–Trinajstić information content (AvgIpc) is 3.50. The third-order valence-electron chi connectivity index (χ3n) is 8.82. The highest BCUT2D eigenvalue weighted by molar-refractivity contribution is 7.94. The zero-order valence-electron chi connectivity index (χ0n) is 20.6. The fourth-order valence-corrected chi connectivity index (χ4v) is 8.17. The van der Waals surface area contributed by atoms with Gasteiger partial charge in [0.15, 0.2) is 5.65 Å². The number of nitrogens with zero attached hydrogens (tertiary/aromatic N) is 3. The molecule has 2 heterocycles. The summed E-state index contributed by atoms with van der Waals surface area (Å²) in [5.74, 6) is 2.93. The van der Waals surface area contributed by atoms with Crippen LogP contribution in [-0.2, 0) is 27.9 Å². The minimum Gasteiger partial charge on any atom is -0.336 e. The molecule has 3 aromatic rings. The number of imidazole rings is 1. The number of H-pyrrole nitrogens is 1.